The third-order valence-corrected chi connectivity index (χ3v) is 4.78. The van der Waals surface area contributed by atoms with E-state index < -0.39 is 0 Å². The van der Waals surface area contributed by atoms with Crippen LogP contribution in [-0.2, 0) is 0 Å². The van der Waals surface area contributed by atoms with Crippen LogP contribution in [0.25, 0.3) is 0 Å². The molecular weight excluding hydrogens is 288 g/mol. The van der Waals surface area contributed by atoms with E-state index >= 15 is 0 Å². The summed E-state index contributed by atoms with van der Waals surface area (Å²) >= 11 is 3.39. The van der Waals surface area contributed by atoms with Gasteiger partial charge < -0.3 is 10.2 Å². The SMILES string of the molecule is CCCNc1nnc(SCCN(C)c2ccccc2)s1. The first kappa shape index (κ1) is 15.1. The number of nitrogens with zero attached hydrogens (tertiary/aromatic N) is 3. The number of anilines is 2. The number of hydrogen-bond acceptors (Lipinski definition) is 6. The van der Waals surface area contributed by atoms with Gasteiger partial charge in [0.25, 0.3) is 0 Å². The summed E-state index contributed by atoms with van der Waals surface area (Å²) in [5.41, 5.74) is 1.25. The number of rotatable bonds is 8. The fraction of sp³-hybridized carbons (Fsp3) is 0.429. The number of benzene rings is 1. The highest BCUT2D eigenvalue weighted by molar-refractivity contribution is 8.01. The highest BCUT2D eigenvalue weighted by Gasteiger charge is 2.05. The minimum Gasteiger partial charge on any atom is -0.374 e. The van der Waals surface area contributed by atoms with Gasteiger partial charge in [-0.1, -0.05) is 48.2 Å². The summed E-state index contributed by atoms with van der Waals surface area (Å²) in [4.78, 5) is 2.25. The summed E-state index contributed by atoms with van der Waals surface area (Å²) in [6.45, 7) is 4.09. The maximum absolute atomic E-state index is 4.19. The topological polar surface area (TPSA) is 41.1 Å². The van der Waals surface area contributed by atoms with Gasteiger partial charge in [-0.25, -0.2) is 0 Å². The van der Waals surface area contributed by atoms with Crippen molar-refractivity contribution in [1.29, 1.82) is 0 Å². The van der Waals surface area contributed by atoms with Crippen molar-refractivity contribution >= 4 is 33.9 Å². The lowest BCUT2D eigenvalue weighted by atomic mass is 10.3. The number of para-hydroxylation sites is 1. The van der Waals surface area contributed by atoms with Crippen molar-refractivity contribution in [2.24, 2.45) is 0 Å². The van der Waals surface area contributed by atoms with Crippen LogP contribution in [0, 0.1) is 0 Å². The van der Waals surface area contributed by atoms with Crippen molar-refractivity contribution in [3.8, 4) is 0 Å². The molecular formula is C14H20N4S2. The molecule has 108 valence electrons. The maximum Gasteiger partial charge on any atom is 0.206 e. The van der Waals surface area contributed by atoms with Crippen molar-refractivity contribution in [1.82, 2.24) is 10.2 Å². The second kappa shape index (κ2) is 8.11. The molecule has 4 nitrogen and oxygen atoms in total. The average Bonchev–Trinajstić information content (AvgIpc) is 2.94. The minimum absolute atomic E-state index is 0.922. The van der Waals surface area contributed by atoms with Gasteiger partial charge in [-0.05, 0) is 18.6 Å². The maximum atomic E-state index is 4.19. The number of nitrogens with one attached hydrogen (secondary N) is 1. The van der Waals surface area contributed by atoms with E-state index in [1.807, 2.05) is 6.07 Å². The molecule has 1 aromatic carbocycles. The quantitative estimate of drug-likeness (QED) is 0.755. The Kier molecular flexibility index (Phi) is 6.14. The predicted octanol–water partition coefficient (Wildman–Crippen LogP) is 3.59. The first-order chi connectivity index (χ1) is 9.79. The highest BCUT2D eigenvalue weighted by atomic mass is 32.2. The Balaban J connectivity index is 1.74. The molecule has 0 aliphatic heterocycles. The lowest BCUT2D eigenvalue weighted by Crippen LogP contribution is -2.19. The molecule has 0 atom stereocenters. The molecule has 0 fully saturated rings. The number of thioether (sulfide) groups is 1. The first-order valence-corrected chi connectivity index (χ1v) is 8.56. The lowest BCUT2D eigenvalue weighted by Gasteiger charge is -2.18. The third-order valence-electron chi connectivity index (χ3n) is 2.78. The fourth-order valence-corrected chi connectivity index (χ4v) is 3.52. The second-order valence-electron chi connectivity index (χ2n) is 4.41. The minimum atomic E-state index is 0.922. The van der Waals surface area contributed by atoms with E-state index in [0.29, 0.717) is 0 Å². The summed E-state index contributed by atoms with van der Waals surface area (Å²) in [6, 6.07) is 10.4. The molecule has 0 radical (unpaired) electrons. The zero-order valence-electron chi connectivity index (χ0n) is 11.9. The van der Waals surface area contributed by atoms with Crippen LogP contribution in [-0.4, -0.2) is 36.1 Å². The Morgan fingerprint density at radius 1 is 1.25 bits per heavy atom. The van der Waals surface area contributed by atoms with E-state index in [1.54, 1.807) is 23.1 Å². The summed E-state index contributed by atoms with van der Waals surface area (Å²) in [6.07, 6.45) is 1.10. The third kappa shape index (κ3) is 4.68. The molecule has 0 saturated heterocycles. The Labute approximate surface area is 128 Å². The monoisotopic (exact) mass is 308 g/mol. The van der Waals surface area contributed by atoms with Gasteiger partial charge in [0.05, 0.1) is 0 Å². The largest absolute Gasteiger partial charge is 0.374 e. The smallest absolute Gasteiger partial charge is 0.206 e. The molecule has 2 rings (SSSR count). The van der Waals surface area contributed by atoms with Gasteiger partial charge in [-0.2, -0.15) is 0 Å². The van der Waals surface area contributed by atoms with Crippen molar-refractivity contribution in [3.05, 3.63) is 30.3 Å². The summed E-state index contributed by atoms with van der Waals surface area (Å²) < 4.78 is 1.03. The normalized spacial score (nSPS) is 10.5. The van der Waals surface area contributed by atoms with Crippen LogP contribution >= 0.6 is 23.1 Å². The van der Waals surface area contributed by atoms with Gasteiger partial charge in [0.2, 0.25) is 5.13 Å². The van der Waals surface area contributed by atoms with Gasteiger partial charge in [0, 0.05) is 31.6 Å². The Bertz CT molecular complexity index is 501. The van der Waals surface area contributed by atoms with E-state index in [-0.39, 0.29) is 0 Å². The van der Waals surface area contributed by atoms with Crippen molar-refractivity contribution in [2.75, 3.05) is 36.1 Å². The van der Waals surface area contributed by atoms with Gasteiger partial charge in [0.1, 0.15) is 0 Å². The summed E-state index contributed by atoms with van der Waals surface area (Å²) in [7, 11) is 2.12. The van der Waals surface area contributed by atoms with Crippen molar-refractivity contribution < 1.29 is 0 Å². The van der Waals surface area contributed by atoms with Crippen LogP contribution in [0.2, 0.25) is 0 Å². The number of aromatic nitrogens is 2. The molecule has 0 spiro atoms. The van der Waals surface area contributed by atoms with Gasteiger partial charge in [0.15, 0.2) is 4.34 Å². The second-order valence-corrected chi connectivity index (χ2v) is 6.73. The Morgan fingerprint density at radius 3 is 2.80 bits per heavy atom. The Hall–Kier alpha value is -1.27. The van der Waals surface area contributed by atoms with Crippen molar-refractivity contribution in [2.45, 2.75) is 17.7 Å². The van der Waals surface area contributed by atoms with E-state index in [4.69, 9.17) is 0 Å². The first-order valence-electron chi connectivity index (χ1n) is 6.76. The van der Waals surface area contributed by atoms with Gasteiger partial charge in [-0.15, -0.1) is 10.2 Å². The van der Waals surface area contributed by atoms with Crippen LogP contribution in [0.4, 0.5) is 10.8 Å². The zero-order chi connectivity index (χ0) is 14.2. The van der Waals surface area contributed by atoms with Gasteiger partial charge in [-0.3, -0.25) is 0 Å². The van der Waals surface area contributed by atoms with E-state index in [2.05, 4.69) is 58.7 Å². The van der Waals surface area contributed by atoms with E-state index in [0.717, 1.165) is 34.7 Å². The molecule has 0 unspecified atom stereocenters. The molecule has 20 heavy (non-hydrogen) atoms. The van der Waals surface area contributed by atoms with Crippen LogP contribution in [0.3, 0.4) is 0 Å². The Morgan fingerprint density at radius 2 is 2.05 bits per heavy atom. The number of hydrogen-bond donors (Lipinski definition) is 1. The molecule has 0 bridgehead atoms. The zero-order valence-corrected chi connectivity index (χ0v) is 13.5. The molecule has 6 heteroatoms. The lowest BCUT2D eigenvalue weighted by molar-refractivity contribution is 0.948. The van der Waals surface area contributed by atoms with Crippen LogP contribution in [0.15, 0.2) is 34.7 Å². The molecule has 0 saturated carbocycles. The molecule has 1 N–H and O–H groups in total. The van der Waals surface area contributed by atoms with E-state index in [9.17, 15) is 0 Å². The fourth-order valence-electron chi connectivity index (χ4n) is 1.65. The van der Waals surface area contributed by atoms with Crippen LogP contribution in [0.1, 0.15) is 13.3 Å². The standard InChI is InChI=1S/C14H20N4S2/c1-3-9-15-13-16-17-14(20-13)19-11-10-18(2)12-7-5-4-6-8-12/h4-8H,3,9-11H2,1-2H3,(H,15,16). The van der Waals surface area contributed by atoms with Crippen molar-refractivity contribution in [3.63, 3.8) is 0 Å². The molecule has 0 aliphatic rings. The molecule has 0 aliphatic carbocycles. The molecule has 1 heterocycles. The van der Waals surface area contributed by atoms with Gasteiger partial charge >= 0.3 is 0 Å². The van der Waals surface area contributed by atoms with E-state index in [1.165, 1.54) is 5.69 Å². The average molecular weight is 308 g/mol. The predicted molar refractivity (Wildman–Crippen MR) is 89.1 cm³/mol. The van der Waals surface area contributed by atoms with Crippen LogP contribution < -0.4 is 10.2 Å². The molecule has 1 aromatic heterocycles. The van der Waals surface area contributed by atoms with Crippen LogP contribution in [0.5, 0.6) is 0 Å². The summed E-state index contributed by atoms with van der Waals surface area (Å²) in [5, 5.41) is 12.5. The highest BCUT2D eigenvalue weighted by Crippen LogP contribution is 2.25. The summed E-state index contributed by atoms with van der Waals surface area (Å²) in [5.74, 6) is 1.01. The molecule has 2 aromatic rings. The molecule has 0 amide bonds.